The highest BCUT2D eigenvalue weighted by molar-refractivity contribution is 5.69. The molecule has 7 heteroatoms. The normalized spacial score (nSPS) is 10.1. The van der Waals surface area contributed by atoms with Crippen molar-refractivity contribution >= 4 is 12.1 Å². The Morgan fingerprint density at radius 2 is 1.45 bits per heavy atom. The van der Waals surface area contributed by atoms with Gasteiger partial charge in [-0.15, -0.1) is 0 Å². The summed E-state index contributed by atoms with van der Waals surface area (Å²) in [5.74, 6) is -0.271. The Bertz CT molecular complexity index is 233. The Morgan fingerprint density at radius 3 is 2.15 bits per heavy atom. The molecule has 0 aliphatic heterocycles. The molecule has 7 nitrogen and oxygen atoms in total. The summed E-state index contributed by atoms with van der Waals surface area (Å²) in [5, 5.41) is 19.5. The minimum Gasteiger partial charge on any atom is -0.463 e. The van der Waals surface area contributed by atoms with Gasteiger partial charge in [0.15, 0.2) is 0 Å². The molecule has 20 heavy (non-hydrogen) atoms. The highest BCUT2D eigenvalue weighted by Gasteiger charge is 2.02. The van der Waals surface area contributed by atoms with Gasteiger partial charge < -0.3 is 25.0 Å². The van der Waals surface area contributed by atoms with Crippen LogP contribution >= 0.6 is 0 Å². The highest BCUT2D eigenvalue weighted by atomic mass is 16.6. The molecule has 0 rings (SSSR count). The first-order valence-electron chi connectivity index (χ1n) is 6.98. The van der Waals surface area contributed by atoms with Gasteiger partial charge in [-0.05, 0) is 12.8 Å². The molecule has 0 heterocycles. The first-order chi connectivity index (χ1) is 9.70. The Hall–Kier alpha value is -1.34. The van der Waals surface area contributed by atoms with Gasteiger partial charge in [-0.2, -0.15) is 0 Å². The fourth-order valence-electron chi connectivity index (χ4n) is 1.54. The number of ether oxygens (including phenoxy) is 2. The quantitative estimate of drug-likeness (QED) is 0.359. The highest BCUT2D eigenvalue weighted by Crippen LogP contribution is 2.05. The van der Waals surface area contributed by atoms with Crippen LogP contribution in [0.2, 0.25) is 0 Å². The summed E-state index contributed by atoms with van der Waals surface area (Å²) in [6.45, 7) is 0.311. The second kappa shape index (κ2) is 14.1. The maximum absolute atomic E-state index is 11.1. The predicted octanol–water partition coefficient (Wildman–Crippen LogP) is 0.581. The largest absolute Gasteiger partial charge is 0.463 e. The third kappa shape index (κ3) is 13.1. The van der Waals surface area contributed by atoms with Crippen LogP contribution in [0.15, 0.2) is 0 Å². The zero-order valence-corrected chi connectivity index (χ0v) is 11.8. The lowest BCUT2D eigenvalue weighted by molar-refractivity contribution is -0.144. The van der Waals surface area contributed by atoms with E-state index in [0.29, 0.717) is 13.0 Å². The molecule has 3 N–H and O–H groups in total. The van der Waals surface area contributed by atoms with E-state index in [0.717, 1.165) is 32.1 Å². The number of carbonyl (C=O) groups is 2. The van der Waals surface area contributed by atoms with Gasteiger partial charge in [0.25, 0.3) is 0 Å². The molecule has 0 saturated carbocycles. The van der Waals surface area contributed by atoms with Crippen molar-refractivity contribution in [3.8, 4) is 0 Å². The zero-order valence-electron chi connectivity index (χ0n) is 11.8. The standard InChI is InChI=1S/C13H25NO6/c15-8-10-19-12(17)6-4-2-1-3-5-7-14-13(18)20-11-9-16/h15-16H,1-11H2,(H,14,18). The molecule has 0 saturated heterocycles. The smallest absolute Gasteiger partial charge is 0.407 e. The second-order valence-corrected chi connectivity index (χ2v) is 4.25. The molecule has 0 bridgehead atoms. The molecule has 0 aromatic heterocycles. The van der Waals surface area contributed by atoms with Gasteiger partial charge in [0.1, 0.15) is 13.2 Å². The molecule has 118 valence electrons. The van der Waals surface area contributed by atoms with Crippen LogP contribution in [0.25, 0.3) is 0 Å². The lowest BCUT2D eigenvalue weighted by atomic mass is 10.1. The Morgan fingerprint density at radius 1 is 0.850 bits per heavy atom. The van der Waals surface area contributed by atoms with E-state index in [2.05, 4.69) is 10.1 Å². The number of aliphatic hydroxyl groups excluding tert-OH is 2. The van der Waals surface area contributed by atoms with Gasteiger partial charge in [-0.3, -0.25) is 4.79 Å². The Kier molecular flexibility index (Phi) is 13.1. The molecular formula is C13H25NO6. The van der Waals surface area contributed by atoms with Crippen LogP contribution in [0, 0.1) is 0 Å². The maximum Gasteiger partial charge on any atom is 0.407 e. The number of esters is 1. The number of carbonyl (C=O) groups excluding carboxylic acids is 2. The zero-order chi connectivity index (χ0) is 15.1. The van der Waals surface area contributed by atoms with E-state index in [9.17, 15) is 9.59 Å². The Balaban J connectivity index is 3.20. The van der Waals surface area contributed by atoms with Crippen molar-refractivity contribution in [3.63, 3.8) is 0 Å². The van der Waals surface area contributed by atoms with Gasteiger partial charge in [-0.1, -0.05) is 19.3 Å². The molecule has 1 amide bonds. The number of hydrogen-bond acceptors (Lipinski definition) is 6. The first kappa shape index (κ1) is 18.7. The molecule has 0 aromatic carbocycles. The number of unbranched alkanes of at least 4 members (excludes halogenated alkanes) is 4. The van der Waals surface area contributed by atoms with E-state index < -0.39 is 6.09 Å². The van der Waals surface area contributed by atoms with Gasteiger partial charge in [0.2, 0.25) is 0 Å². The summed E-state index contributed by atoms with van der Waals surface area (Å²) in [6.07, 6.45) is 4.38. The second-order valence-electron chi connectivity index (χ2n) is 4.25. The predicted molar refractivity (Wildman–Crippen MR) is 72.2 cm³/mol. The number of amides is 1. The van der Waals surface area contributed by atoms with E-state index in [4.69, 9.17) is 14.9 Å². The van der Waals surface area contributed by atoms with Crippen molar-refractivity contribution in [2.75, 3.05) is 33.0 Å². The number of nitrogens with one attached hydrogen (secondary N) is 1. The third-order valence-corrected chi connectivity index (χ3v) is 2.51. The Labute approximate surface area is 119 Å². The summed E-state index contributed by atoms with van der Waals surface area (Å²) in [5.41, 5.74) is 0. The van der Waals surface area contributed by atoms with Gasteiger partial charge >= 0.3 is 12.1 Å². The molecule has 0 spiro atoms. The first-order valence-corrected chi connectivity index (χ1v) is 6.98. The van der Waals surface area contributed by atoms with Gasteiger partial charge in [-0.25, -0.2) is 4.79 Å². The molecule has 0 aliphatic carbocycles. The number of rotatable bonds is 12. The summed E-state index contributed by atoms with van der Waals surface area (Å²) in [4.78, 5) is 22.1. The van der Waals surface area contributed by atoms with Crippen LogP contribution in [0.3, 0.4) is 0 Å². The van der Waals surface area contributed by atoms with Crippen LogP contribution in [-0.2, 0) is 14.3 Å². The van der Waals surface area contributed by atoms with Crippen LogP contribution in [0.4, 0.5) is 4.79 Å². The number of aliphatic hydroxyl groups is 2. The third-order valence-electron chi connectivity index (χ3n) is 2.51. The van der Waals surface area contributed by atoms with Crippen molar-refractivity contribution in [1.82, 2.24) is 5.32 Å². The SMILES string of the molecule is O=C(CCCCCCCNC(=O)OCCO)OCCO. The molecule has 0 fully saturated rings. The average Bonchev–Trinajstić information content (AvgIpc) is 2.45. The lowest BCUT2D eigenvalue weighted by Crippen LogP contribution is -2.26. The van der Waals surface area contributed by atoms with Crippen molar-refractivity contribution < 1.29 is 29.3 Å². The van der Waals surface area contributed by atoms with Crippen molar-refractivity contribution in [3.05, 3.63) is 0 Å². The molecule has 0 unspecified atom stereocenters. The summed E-state index contributed by atoms with van der Waals surface area (Å²) < 4.78 is 9.35. The minimum atomic E-state index is -0.509. The summed E-state index contributed by atoms with van der Waals surface area (Å²) in [7, 11) is 0. The van der Waals surface area contributed by atoms with Crippen molar-refractivity contribution in [2.24, 2.45) is 0 Å². The summed E-state index contributed by atoms with van der Waals surface area (Å²) >= 11 is 0. The molecule has 0 aliphatic rings. The molecular weight excluding hydrogens is 266 g/mol. The van der Waals surface area contributed by atoms with Gasteiger partial charge in [0.05, 0.1) is 13.2 Å². The maximum atomic E-state index is 11.1. The fraction of sp³-hybridized carbons (Fsp3) is 0.846. The van der Waals surface area contributed by atoms with Crippen molar-refractivity contribution in [2.45, 2.75) is 38.5 Å². The minimum absolute atomic E-state index is 0.0121. The van der Waals surface area contributed by atoms with Gasteiger partial charge in [0, 0.05) is 13.0 Å². The monoisotopic (exact) mass is 291 g/mol. The lowest BCUT2D eigenvalue weighted by Gasteiger charge is -2.05. The van der Waals surface area contributed by atoms with E-state index in [1.165, 1.54) is 0 Å². The van der Waals surface area contributed by atoms with E-state index in [1.807, 2.05) is 0 Å². The number of hydrogen-bond donors (Lipinski definition) is 3. The number of alkyl carbamates (subject to hydrolysis) is 1. The van der Waals surface area contributed by atoms with Crippen LogP contribution in [0.1, 0.15) is 38.5 Å². The van der Waals surface area contributed by atoms with Crippen LogP contribution < -0.4 is 5.32 Å². The van der Waals surface area contributed by atoms with Crippen LogP contribution in [-0.4, -0.2) is 55.2 Å². The topological polar surface area (TPSA) is 105 Å². The fourth-order valence-corrected chi connectivity index (χ4v) is 1.54. The van der Waals surface area contributed by atoms with Crippen LogP contribution in [0.5, 0.6) is 0 Å². The summed E-state index contributed by atoms with van der Waals surface area (Å²) in [6, 6.07) is 0. The molecule has 0 radical (unpaired) electrons. The average molecular weight is 291 g/mol. The van der Waals surface area contributed by atoms with E-state index >= 15 is 0 Å². The van der Waals surface area contributed by atoms with E-state index in [-0.39, 0.29) is 32.4 Å². The van der Waals surface area contributed by atoms with Crippen molar-refractivity contribution in [1.29, 1.82) is 0 Å². The van der Waals surface area contributed by atoms with E-state index in [1.54, 1.807) is 0 Å². The molecule has 0 aromatic rings. The molecule has 0 atom stereocenters.